The van der Waals surface area contributed by atoms with Crippen LogP contribution in [0.4, 0.5) is 5.69 Å². The molecular formula is C33H29N5O4S. The molecule has 0 fully saturated rings. The van der Waals surface area contributed by atoms with E-state index in [1.54, 1.807) is 30.3 Å². The van der Waals surface area contributed by atoms with E-state index in [1.165, 1.54) is 11.3 Å². The Morgan fingerprint density at radius 2 is 1.42 bits per heavy atom. The van der Waals surface area contributed by atoms with Crippen molar-refractivity contribution in [3.8, 4) is 30.0 Å². The topological polar surface area (TPSA) is 168 Å². The molecule has 0 aliphatic carbocycles. The van der Waals surface area contributed by atoms with E-state index in [0.29, 0.717) is 35.7 Å². The van der Waals surface area contributed by atoms with Crippen molar-refractivity contribution in [2.75, 3.05) is 44.4 Å². The molecule has 0 radical (unpaired) electrons. The third-order valence-electron chi connectivity index (χ3n) is 6.20. The molecule has 0 bridgehead atoms. The van der Waals surface area contributed by atoms with Gasteiger partial charge in [-0.2, -0.15) is 21.0 Å². The SMILES string of the molecule is N#CC(C#N)=C(C(=C(C#N)C#N)c1ccc(C=Cc2ccc(N(CCO)CCO)cc2)s1)c1cccc(OCCCO)c1. The van der Waals surface area contributed by atoms with Gasteiger partial charge in [-0.05, 0) is 53.6 Å². The van der Waals surface area contributed by atoms with Gasteiger partial charge in [-0.3, -0.25) is 0 Å². The van der Waals surface area contributed by atoms with E-state index < -0.39 is 0 Å². The molecule has 3 aromatic rings. The zero-order chi connectivity index (χ0) is 31.0. The van der Waals surface area contributed by atoms with Crippen LogP contribution < -0.4 is 9.64 Å². The third-order valence-corrected chi connectivity index (χ3v) is 7.27. The summed E-state index contributed by atoms with van der Waals surface area (Å²) in [6.07, 6.45) is 4.21. The average Bonchev–Trinajstić information content (AvgIpc) is 3.51. The fourth-order valence-electron chi connectivity index (χ4n) is 4.22. The first-order valence-electron chi connectivity index (χ1n) is 13.3. The Bertz CT molecular complexity index is 1620. The van der Waals surface area contributed by atoms with Crippen LogP contribution in [0.15, 0.2) is 71.8 Å². The molecule has 0 amide bonds. The van der Waals surface area contributed by atoms with Crippen LogP contribution in [0, 0.1) is 45.3 Å². The minimum absolute atomic E-state index is 0.0247. The zero-order valence-corrected chi connectivity index (χ0v) is 24.1. The normalized spacial score (nSPS) is 10.2. The molecule has 0 saturated heterocycles. The molecule has 0 unspecified atom stereocenters. The second-order valence-corrected chi connectivity index (χ2v) is 10.1. The number of thiophene rings is 1. The van der Waals surface area contributed by atoms with Crippen molar-refractivity contribution in [3.63, 3.8) is 0 Å². The molecule has 1 heterocycles. The third kappa shape index (κ3) is 8.64. The van der Waals surface area contributed by atoms with Gasteiger partial charge in [0, 0.05) is 52.7 Å². The van der Waals surface area contributed by atoms with Crippen LogP contribution in [0.25, 0.3) is 23.3 Å². The summed E-state index contributed by atoms with van der Waals surface area (Å²) in [5.74, 6) is 0.449. The van der Waals surface area contributed by atoms with E-state index in [1.807, 2.05) is 71.7 Å². The number of nitriles is 4. The molecule has 0 saturated carbocycles. The van der Waals surface area contributed by atoms with Crippen LogP contribution >= 0.6 is 11.3 Å². The van der Waals surface area contributed by atoms with Crippen molar-refractivity contribution in [2.45, 2.75) is 6.42 Å². The number of hydrogen-bond acceptors (Lipinski definition) is 10. The summed E-state index contributed by atoms with van der Waals surface area (Å²) in [6.45, 7) is 1.00. The molecule has 216 valence electrons. The Labute approximate surface area is 254 Å². The number of anilines is 1. The van der Waals surface area contributed by atoms with E-state index in [0.717, 1.165) is 16.1 Å². The predicted molar refractivity (Wildman–Crippen MR) is 166 cm³/mol. The molecule has 0 spiro atoms. The highest BCUT2D eigenvalue weighted by atomic mass is 32.1. The average molecular weight is 592 g/mol. The number of ether oxygens (including phenoxy) is 1. The Morgan fingerprint density at radius 3 is 2.02 bits per heavy atom. The standard InChI is InChI=1S/C33H29N5O4S/c34-20-26(21-35)32(25-3-1-4-29(19-25)42-18-2-15-39)33(27(22-36)23-37)31-12-11-30(43-31)10-7-24-5-8-28(9-6-24)38(13-16-40)14-17-41/h1,3-12,19,39-41H,2,13-18H2. The van der Waals surface area contributed by atoms with Crippen molar-refractivity contribution in [1.29, 1.82) is 21.0 Å². The lowest BCUT2D eigenvalue weighted by atomic mass is 9.89. The van der Waals surface area contributed by atoms with Gasteiger partial charge in [0.1, 0.15) is 41.2 Å². The maximum Gasteiger partial charge on any atom is 0.138 e. The lowest BCUT2D eigenvalue weighted by molar-refractivity contribution is 0.233. The second kappa shape index (κ2) is 16.9. The van der Waals surface area contributed by atoms with E-state index in [-0.39, 0.29) is 48.7 Å². The molecule has 43 heavy (non-hydrogen) atoms. The highest BCUT2D eigenvalue weighted by molar-refractivity contribution is 7.14. The molecular weight excluding hydrogens is 562 g/mol. The first-order chi connectivity index (χ1) is 21.0. The lowest BCUT2D eigenvalue weighted by Crippen LogP contribution is -2.29. The molecule has 2 aromatic carbocycles. The first kappa shape index (κ1) is 32.3. The first-order valence-corrected chi connectivity index (χ1v) is 14.1. The molecule has 9 nitrogen and oxygen atoms in total. The quantitative estimate of drug-likeness (QED) is 0.136. The van der Waals surface area contributed by atoms with Crippen molar-refractivity contribution in [3.05, 3.63) is 92.7 Å². The van der Waals surface area contributed by atoms with Gasteiger partial charge < -0.3 is 25.0 Å². The summed E-state index contributed by atoms with van der Waals surface area (Å²) in [5, 5.41) is 67.0. The fourth-order valence-corrected chi connectivity index (χ4v) is 5.19. The van der Waals surface area contributed by atoms with Crippen LogP contribution in [0.3, 0.4) is 0 Å². The molecule has 0 aliphatic heterocycles. The minimum atomic E-state index is -0.257. The highest BCUT2D eigenvalue weighted by Crippen LogP contribution is 2.40. The molecule has 3 rings (SSSR count). The van der Waals surface area contributed by atoms with Crippen molar-refractivity contribution >= 4 is 40.3 Å². The smallest absolute Gasteiger partial charge is 0.138 e. The monoisotopic (exact) mass is 591 g/mol. The lowest BCUT2D eigenvalue weighted by Gasteiger charge is -2.22. The Kier molecular flexibility index (Phi) is 12.7. The van der Waals surface area contributed by atoms with E-state index in [9.17, 15) is 31.3 Å². The van der Waals surface area contributed by atoms with Crippen LogP contribution in [-0.2, 0) is 0 Å². The number of benzene rings is 2. The summed E-state index contributed by atoms with van der Waals surface area (Å²) in [7, 11) is 0. The molecule has 1 aromatic heterocycles. The number of nitrogens with zero attached hydrogens (tertiary/aromatic N) is 5. The zero-order valence-electron chi connectivity index (χ0n) is 23.3. The van der Waals surface area contributed by atoms with Gasteiger partial charge in [-0.15, -0.1) is 11.3 Å². The molecule has 0 atom stereocenters. The predicted octanol–water partition coefficient (Wildman–Crippen LogP) is 4.77. The van der Waals surface area contributed by atoms with Crippen LogP contribution in [-0.4, -0.2) is 54.8 Å². The minimum Gasteiger partial charge on any atom is -0.493 e. The number of rotatable bonds is 14. The highest BCUT2D eigenvalue weighted by Gasteiger charge is 2.22. The summed E-state index contributed by atoms with van der Waals surface area (Å²) in [4.78, 5) is 3.22. The number of aliphatic hydroxyl groups excluding tert-OH is 3. The van der Waals surface area contributed by atoms with Crippen molar-refractivity contribution in [1.82, 2.24) is 0 Å². The van der Waals surface area contributed by atoms with Crippen molar-refractivity contribution in [2.24, 2.45) is 0 Å². The largest absolute Gasteiger partial charge is 0.493 e. The maximum absolute atomic E-state index is 9.86. The number of aliphatic hydroxyl groups is 3. The van der Waals surface area contributed by atoms with E-state index >= 15 is 0 Å². The van der Waals surface area contributed by atoms with Gasteiger partial charge in [0.15, 0.2) is 0 Å². The van der Waals surface area contributed by atoms with Gasteiger partial charge in [-0.25, -0.2) is 0 Å². The van der Waals surface area contributed by atoms with Gasteiger partial charge >= 0.3 is 0 Å². The van der Waals surface area contributed by atoms with Crippen LogP contribution in [0.2, 0.25) is 0 Å². The summed E-state index contributed by atoms with van der Waals surface area (Å²) in [6, 6.07) is 25.6. The van der Waals surface area contributed by atoms with Crippen LogP contribution in [0.1, 0.15) is 27.3 Å². The second-order valence-electron chi connectivity index (χ2n) is 8.96. The molecule has 3 N–H and O–H groups in total. The van der Waals surface area contributed by atoms with Gasteiger partial charge in [-0.1, -0.05) is 30.3 Å². The van der Waals surface area contributed by atoms with Crippen molar-refractivity contribution < 1.29 is 20.1 Å². The summed E-state index contributed by atoms with van der Waals surface area (Å²) in [5.41, 5.74) is 2.05. The van der Waals surface area contributed by atoms with Gasteiger partial charge in [0.25, 0.3) is 0 Å². The number of hydrogen-bond donors (Lipinski definition) is 3. The van der Waals surface area contributed by atoms with Gasteiger partial charge in [0.2, 0.25) is 0 Å². The Hall–Kier alpha value is -5.20. The Morgan fingerprint density at radius 1 is 0.767 bits per heavy atom. The molecule has 0 aliphatic rings. The summed E-state index contributed by atoms with van der Waals surface area (Å²) < 4.78 is 5.68. The van der Waals surface area contributed by atoms with Gasteiger partial charge in [0.05, 0.1) is 19.8 Å². The fraction of sp³-hybridized carbons (Fsp3) is 0.212. The van der Waals surface area contributed by atoms with E-state index in [2.05, 4.69) is 0 Å². The maximum atomic E-state index is 9.86. The summed E-state index contributed by atoms with van der Waals surface area (Å²) >= 11 is 1.30. The van der Waals surface area contributed by atoms with E-state index in [4.69, 9.17) is 9.84 Å². The van der Waals surface area contributed by atoms with Crippen LogP contribution in [0.5, 0.6) is 5.75 Å². The molecule has 10 heteroatoms. The Balaban J connectivity index is 2.01. The number of allylic oxidation sites excluding steroid dienone is 4.